The van der Waals surface area contributed by atoms with Crippen molar-refractivity contribution in [2.45, 2.75) is 64.9 Å². The normalized spacial score (nSPS) is 20.4. The van der Waals surface area contributed by atoms with Gasteiger partial charge in [0, 0.05) is 19.4 Å². The average Bonchev–Trinajstić information content (AvgIpc) is 3.30. The van der Waals surface area contributed by atoms with Crippen molar-refractivity contribution >= 4 is 11.6 Å². The van der Waals surface area contributed by atoms with E-state index < -0.39 is 0 Å². The molecule has 1 aromatic rings. The van der Waals surface area contributed by atoms with Crippen LogP contribution in [0.25, 0.3) is 0 Å². The Kier molecular flexibility index (Phi) is 6.11. The molecule has 1 unspecified atom stereocenters. The molecule has 0 saturated heterocycles. The van der Waals surface area contributed by atoms with Crippen LogP contribution in [0.2, 0.25) is 0 Å². The van der Waals surface area contributed by atoms with Gasteiger partial charge in [0.15, 0.2) is 6.10 Å². The first-order valence-corrected chi connectivity index (χ1v) is 9.73. The first-order valence-electron chi connectivity index (χ1n) is 9.73. The van der Waals surface area contributed by atoms with E-state index >= 15 is 0 Å². The molecule has 1 aliphatic carbocycles. The molecule has 1 saturated carbocycles. The second-order valence-electron chi connectivity index (χ2n) is 7.46. The Hall–Kier alpha value is -1.84. The van der Waals surface area contributed by atoms with E-state index in [1.807, 2.05) is 11.8 Å². The van der Waals surface area contributed by atoms with Crippen LogP contribution in [0.4, 0.5) is 0 Å². The van der Waals surface area contributed by atoms with Crippen LogP contribution < -0.4 is 0 Å². The highest BCUT2D eigenvalue weighted by molar-refractivity contribution is 6.01. The van der Waals surface area contributed by atoms with Crippen molar-refractivity contribution in [2.24, 2.45) is 11.1 Å². The second-order valence-corrected chi connectivity index (χ2v) is 7.46. The minimum absolute atomic E-state index is 0.0216. The lowest BCUT2D eigenvalue weighted by molar-refractivity contribution is -0.133. The van der Waals surface area contributed by atoms with Crippen molar-refractivity contribution in [2.75, 3.05) is 13.1 Å². The standard InChI is InChI=1S/C21H30N2O2/c1-3-23(21(24)13-10-17-6-4-5-7-17)15-19-14-20(22-25-19)18-11-8-16(2)9-12-18/h8-9,11-12,17,19H,3-7,10,13-15H2,1-2H3. The smallest absolute Gasteiger partial charge is 0.222 e. The van der Waals surface area contributed by atoms with E-state index in [1.54, 1.807) is 0 Å². The third kappa shape index (κ3) is 4.83. The van der Waals surface area contributed by atoms with Gasteiger partial charge in [-0.15, -0.1) is 0 Å². The molecule has 25 heavy (non-hydrogen) atoms. The minimum atomic E-state index is -0.0216. The van der Waals surface area contributed by atoms with Gasteiger partial charge in [0.2, 0.25) is 5.91 Å². The summed E-state index contributed by atoms with van der Waals surface area (Å²) in [5.74, 6) is 1.03. The topological polar surface area (TPSA) is 41.9 Å². The summed E-state index contributed by atoms with van der Waals surface area (Å²) in [5, 5.41) is 4.25. The third-order valence-corrected chi connectivity index (χ3v) is 5.52. The summed E-state index contributed by atoms with van der Waals surface area (Å²) in [6, 6.07) is 8.36. The highest BCUT2D eigenvalue weighted by Crippen LogP contribution is 2.28. The van der Waals surface area contributed by atoms with E-state index in [4.69, 9.17) is 4.84 Å². The van der Waals surface area contributed by atoms with Gasteiger partial charge in [-0.25, -0.2) is 0 Å². The minimum Gasteiger partial charge on any atom is -0.390 e. The van der Waals surface area contributed by atoms with Gasteiger partial charge in [-0.2, -0.15) is 0 Å². The Bertz CT molecular complexity index is 603. The number of hydrogen-bond acceptors (Lipinski definition) is 3. The van der Waals surface area contributed by atoms with E-state index in [2.05, 4.69) is 36.3 Å². The fourth-order valence-corrected chi connectivity index (χ4v) is 3.88. The Morgan fingerprint density at radius 3 is 2.64 bits per heavy atom. The summed E-state index contributed by atoms with van der Waals surface area (Å²) in [6.45, 7) is 5.50. The van der Waals surface area contributed by atoms with Crippen LogP contribution in [-0.2, 0) is 9.63 Å². The van der Waals surface area contributed by atoms with Crippen molar-refractivity contribution in [1.82, 2.24) is 4.90 Å². The highest BCUT2D eigenvalue weighted by Gasteiger charge is 2.26. The second kappa shape index (κ2) is 8.50. The molecule has 3 rings (SSSR count). The van der Waals surface area contributed by atoms with Gasteiger partial charge in [-0.05, 0) is 31.7 Å². The summed E-state index contributed by atoms with van der Waals surface area (Å²) in [7, 11) is 0. The number of rotatable bonds is 7. The predicted octanol–water partition coefficient (Wildman–Crippen LogP) is 4.31. The molecular formula is C21H30N2O2. The van der Waals surface area contributed by atoms with E-state index in [9.17, 15) is 4.79 Å². The highest BCUT2D eigenvalue weighted by atomic mass is 16.6. The van der Waals surface area contributed by atoms with Crippen molar-refractivity contribution in [3.05, 3.63) is 35.4 Å². The largest absolute Gasteiger partial charge is 0.390 e. The van der Waals surface area contributed by atoms with Gasteiger partial charge in [0.1, 0.15) is 0 Å². The number of oxime groups is 1. The van der Waals surface area contributed by atoms with Gasteiger partial charge in [-0.3, -0.25) is 4.79 Å². The molecular weight excluding hydrogens is 312 g/mol. The van der Waals surface area contributed by atoms with Crippen molar-refractivity contribution in [3.8, 4) is 0 Å². The molecule has 0 bridgehead atoms. The third-order valence-electron chi connectivity index (χ3n) is 5.52. The maximum atomic E-state index is 12.5. The molecule has 1 amide bonds. The fourth-order valence-electron chi connectivity index (χ4n) is 3.88. The fraction of sp³-hybridized carbons (Fsp3) is 0.619. The summed E-state index contributed by atoms with van der Waals surface area (Å²) in [5.41, 5.74) is 3.34. The molecule has 1 atom stereocenters. The number of nitrogens with zero attached hydrogens (tertiary/aromatic N) is 2. The molecule has 4 nitrogen and oxygen atoms in total. The summed E-state index contributed by atoms with van der Waals surface area (Å²) in [6.07, 6.45) is 7.76. The van der Waals surface area contributed by atoms with Crippen molar-refractivity contribution in [3.63, 3.8) is 0 Å². The van der Waals surface area contributed by atoms with Crippen LogP contribution in [0.1, 0.15) is 63.0 Å². The first kappa shape index (κ1) is 18.0. The monoisotopic (exact) mass is 342 g/mol. The molecule has 2 aliphatic rings. The molecule has 0 radical (unpaired) electrons. The molecule has 1 heterocycles. The quantitative estimate of drug-likeness (QED) is 0.741. The van der Waals surface area contributed by atoms with Crippen molar-refractivity contribution < 1.29 is 9.63 Å². The lowest BCUT2D eigenvalue weighted by Gasteiger charge is -2.24. The first-order chi connectivity index (χ1) is 12.2. The van der Waals surface area contributed by atoms with Crippen LogP contribution in [-0.4, -0.2) is 35.7 Å². The number of carbonyl (C=O) groups is 1. The predicted molar refractivity (Wildman–Crippen MR) is 101 cm³/mol. The molecule has 0 N–H and O–H groups in total. The van der Waals surface area contributed by atoms with Gasteiger partial charge < -0.3 is 9.74 Å². The number of aryl methyl sites for hydroxylation is 1. The van der Waals surface area contributed by atoms with E-state index in [1.165, 1.54) is 31.2 Å². The Morgan fingerprint density at radius 2 is 1.96 bits per heavy atom. The Morgan fingerprint density at radius 1 is 1.24 bits per heavy atom. The van der Waals surface area contributed by atoms with E-state index in [0.717, 1.165) is 36.6 Å². The summed E-state index contributed by atoms with van der Waals surface area (Å²) in [4.78, 5) is 20.1. The zero-order chi connectivity index (χ0) is 17.6. The van der Waals surface area contributed by atoms with Crippen LogP contribution in [0.3, 0.4) is 0 Å². The van der Waals surface area contributed by atoms with Gasteiger partial charge in [-0.1, -0.05) is 60.7 Å². The number of amides is 1. The van der Waals surface area contributed by atoms with E-state index in [-0.39, 0.29) is 12.0 Å². The van der Waals surface area contributed by atoms with Crippen LogP contribution >= 0.6 is 0 Å². The average molecular weight is 342 g/mol. The molecule has 1 aliphatic heterocycles. The molecule has 136 valence electrons. The number of benzene rings is 1. The molecule has 0 spiro atoms. The number of likely N-dealkylation sites (N-methyl/N-ethyl adjacent to an activating group) is 1. The number of carbonyl (C=O) groups excluding carboxylic acids is 1. The molecule has 4 heteroatoms. The maximum Gasteiger partial charge on any atom is 0.222 e. The zero-order valence-electron chi connectivity index (χ0n) is 15.5. The summed E-state index contributed by atoms with van der Waals surface area (Å²) < 4.78 is 0. The van der Waals surface area contributed by atoms with E-state index in [0.29, 0.717) is 13.0 Å². The van der Waals surface area contributed by atoms with Gasteiger partial charge >= 0.3 is 0 Å². The van der Waals surface area contributed by atoms with Gasteiger partial charge in [0.05, 0.1) is 12.3 Å². The number of hydrogen-bond donors (Lipinski definition) is 0. The zero-order valence-corrected chi connectivity index (χ0v) is 15.5. The van der Waals surface area contributed by atoms with Crippen LogP contribution in [0.15, 0.2) is 29.4 Å². The van der Waals surface area contributed by atoms with Crippen LogP contribution in [0, 0.1) is 12.8 Å². The SMILES string of the molecule is CCN(CC1CC(c2ccc(C)cc2)=NO1)C(=O)CCC1CCCC1. The Balaban J connectivity index is 1.47. The van der Waals surface area contributed by atoms with Crippen LogP contribution in [0.5, 0.6) is 0 Å². The molecule has 1 fully saturated rings. The molecule has 1 aromatic carbocycles. The molecule has 0 aromatic heterocycles. The summed E-state index contributed by atoms with van der Waals surface area (Å²) >= 11 is 0. The van der Waals surface area contributed by atoms with Gasteiger partial charge in [0.25, 0.3) is 0 Å². The maximum absolute atomic E-state index is 12.5. The van der Waals surface area contributed by atoms with Crippen molar-refractivity contribution in [1.29, 1.82) is 0 Å². The Labute approximate surface area is 151 Å². The lowest BCUT2D eigenvalue weighted by Crippen LogP contribution is -2.37. The lowest BCUT2D eigenvalue weighted by atomic mass is 10.0.